The molecule has 1 atom stereocenters. The molecular weight excluding hydrogens is 440 g/mol. The summed E-state index contributed by atoms with van der Waals surface area (Å²) in [7, 11) is 0. The fourth-order valence-electron chi connectivity index (χ4n) is 4.42. The monoisotopic (exact) mass is 468 g/mol. The van der Waals surface area contributed by atoms with Crippen molar-refractivity contribution in [3.8, 4) is 11.5 Å². The fourth-order valence-corrected chi connectivity index (χ4v) is 5.08. The SMILES string of the molecule is Cc1cc(C(=O)CSc2nnc(CN3CCCC3)o2)c(C)n1C[C@H]1COc2ccccc2O1. The highest BCUT2D eigenvalue weighted by Gasteiger charge is 2.24. The molecule has 174 valence electrons. The summed E-state index contributed by atoms with van der Waals surface area (Å²) >= 11 is 1.29. The molecule has 1 fully saturated rings. The predicted octanol–water partition coefficient (Wildman–Crippen LogP) is 3.90. The molecule has 2 aromatic heterocycles. The average molecular weight is 469 g/mol. The maximum absolute atomic E-state index is 13.0. The standard InChI is InChI=1S/C24H28N4O4S/c1-16-11-19(17(2)28(16)12-18-14-30-21-7-3-4-8-22(21)31-18)20(29)15-33-24-26-25-23(32-24)13-27-9-5-6-10-27/h3-4,7-8,11,18H,5-6,9-10,12-15H2,1-2H3/t18-/m0/s1. The van der Waals surface area contributed by atoms with Crippen LogP contribution >= 0.6 is 11.8 Å². The van der Waals surface area contributed by atoms with E-state index in [2.05, 4.69) is 19.7 Å². The number of carbonyl (C=O) groups excluding carboxylic acids is 1. The molecule has 0 spiro atoms. The molecule has 8 nitrogen and oxygen atoms in total. The van der Waals surface area contributed by atoms with Crippen molar-refractivity contribution < 1.29 is 18.7 Å². The largest absolute Gasteiger partial charge is 0.486 e. The summed E-state index contributed by atoms with van der Waals surface area (Å²) in [5.74, 6) is 2.44. The van der Waals surface area contributed by atoms with Gasteiger partial charge in [-0.15, -0.1) is 10.2 Å². The van der Waals surface area contributed by atoms with Crippen molar-refractivity contribution in [1.29, 1.82) is 0 Å². The highest BCUT2D eigenvalue weighted by molar-refractivity contribution is 7.99. The first-order valence-electron chi connectivity index (χ1n) is 11.3. The highest BCUT2D eigenvalue weighted by atomic mass is 32.2. The lowest BCUT2D eigenvalue weighted by Gasteiger charge is -2.27. The minimum atomic E-state index is -0.116. The van der Waals surface area contributed by atoms with Crippen LogP contribution < -0.4 is 9.47 Å². The van der Waals surface area contributed by atoms with Gasteiger partial charge in [0.05, 0.1) is 18.8 Å². The molecule has 0 N–H and O–H groups in total. The van der Waals surface area contributed by atoms with Gasteiger partial charge in [0.2, 0.25) is 5.89 Å². The van der Waals surface area contributed by atoms with E-state index in [4.69, 9.17) is 13.9 Å². The van der Waals surface area contributed by atoms with Gasteiger partial charge in [-0.2, -0.15) is 0 Å². The van der Waals surface area contributed by atoms with E-state index in [0.717, 1.165) is 36.0 Å². The topological polar surface area (TPSA) is 82.6 Å². The van der Waals surface area contributed by atoms with E-state index < -0.39 is 0 Å². The summed E-state index contributed by atoms with van der Waals surface area (Å²) in [5, 5.41) is 8.67. The second-order valence-electron chi connectivity index (χ2n) is 8.55. The van der Waals surface area contributed by atoms with E-state index in [1.807, 2.05) is 44.2 Å². The summed E-state index contributed by atoms with van der Waals surface area (Å²) in [6, 6.07) is 9.63. The number of aromatic nitrogens is 3. The maximum atomic E-state index is 13.0. The Morgan fingerprint density at radius 1 is 1.15 bits per heavy atom. The zero-order valence-corrected chi connectivity index (χ0v) is 19.8. The van der Waals surface area contributed by atoms with Crippen LogP contribution in [0.3, 0.4) is 0 Å². The van der Waals surface area contributed by atoms with E-state index >= 15 is 0 Å². The Morgan fingerprint density at radius 3 is 2.76 bits per heavy atom. The van der Waals surface area contributed by atoms with E-state index in [9.17, 15) is 4.79 Å². The summed E-state index contributed by atoms with van der Waals surface area (Å²) in [6.45, 7) is 7.91. The van der Waals surface area contributed by atoms with Gasteiger partial charge in [0.1, 0.15) is 6.61 Å². The fraction of sp³-hybridized carbons (Fsp3) is 0.458. The zero-order chi connectivity index (χ0) is 22.8. The van der Waals surface area contributed by atoms with Crippen molar-refractivity contribution in [3.05, 3.63) is 53.2 Å². The molecule has 0 saturated carbocycles. The smallest absolute Gasteiger partial charge is 0.277 e. The van der Waals surface area contributed by atoms with E-state index in [1.165, 1.54) is 24.6 Å². The van der Waals surface area contributed by atoms with E-state index in [-0.39, 0.29) is 17.6 Å². The second kappa shape index (κ2) is 9.61. The Kier molecular flexibility index (Phi) is 6.41. The van der Waals surface area contributed by atoms with Crippen LogP contribution in [0.5, 0.6) is 11.5 Å². The third-order valence-corrected chi connectivity index (χ3v) is 6.98. The van der Waals surface area contributed by atoms with Gasteiger partial charge in [0, 0.05) is 17.0 Å². The van der Waals surface area contributed by atoms with Crippen molar-refractivity contribution in [1.82, 2.24) is 19.7 Å². The zero-order valence-electron chi connectivity index (χ0n) is 19.0. The van der Waals surface area contributed by atoms with Crippen LogP contribution in [0.1, 0.15) is 40.5 Å². The number of aryl methyl sites for hydroxylation is 1. The first-order chi connectivity index (χ1) is 16.1. The molecule has 9 heteroatoms. The van der Waals surface area contributed by atoms with Crippen LogP contribution in [0.15, 0.2) is 40.0 Å². The molecule has 0 aliphatic carbocycles. The third-order valence-electron chi connectivity index (χ3n) is 6.16. The minimum absolute atomic E-state index is 0.0461. The highest BCUT2D eigenvalue weighted by Crippen LogP contribution is 2.32. The number of benzene rings is 1. The Balaban J connectivity index is 1.19. The van der Waals surface area contributed by atoms with Gasteiger partial charge in [-0.25, -0.2) is 0 Å². The first-order valence-corrected chi connectivity index (χ1v) is 12.3. The van der Waals surface area contributed by atoms with Gasteiger partial charge in [0.25, 0.3) is 5.22 Å². The molecule has 0 amide bonds. The number of ketones is 1. The van der Waals surface area contributed by atoms with Gasteiger partial charge in [-0.1, -0.05) is 23.9 Å². The van der Waals surface area contributed by atoms with Crippen molar-refractivity contribution in [2.45, 2.75) is 51.1 Å². The molecule has 0 bridgehead atoms. The minimum Gasteiger partial charge on any atom is -0.486 e. The maximum Gasteiger partial charge on any atom is 0.277 e. The van der Waals surface area contributed by atoms with Crippen LogP contribution in [0, 0.1) is 13.8 Å². The number of para-hydroxylation sites is 2. The normalized spacial score (nSPS) is 18.1. The van der Waals surface area contributed by atoms with Gasteiger partial charge in [0.15, 0.2) is 23.4 Å². The Hall–Kier alpha value is -2.78. The number of Topliss-reactive ketones (excluding diaryl/α,β-unsaturated/α-hetero) is 1. The number of hydrogen-bond acceptors (Lipinski definition) is 8. The summed E-state index contributed by atoms with van der Waals surface area (Å²) in [6.07, 6.45) is 2.32. The molecule has 5 rings (SSSR count). The number of thioether (sulfide) groups is 1. The molecule has 3 aromatic rings. The number of rotatable bonds is 8. The summed E-state index contributed by atoms with van der Waals surface area (Å²) in [5.41, 5.74) is 2.67. The summed E-state index contributed by atoms with van der Waals surface area (Å²) in [4.78, 5) is 15.3. The molecule has 0 unspecified atom stereocenters. The molecule has 33 heavy (non-hydrogen) atoms. The Morgan fingerprint density at radius 2 is 1.94 bits per heavy atom. The average Bonchev–Trinajstić information content (AvgIpc) is 3.56. The lowest BCUT2D eigenvalue weighted by Crippen LogP contribution is -2.33. The van der Waals surface area contributed by atoms with Crippen molar-refractivity contribution in [2.24, 2.45) is 0 Å². The number of fused-ring (bicyclic) bond motifs is 1. The number of carbonyl (C=O) groups is 1. The Bertz CT molecular complexity index is 1140. The van der Waals surface area contributed by atoms with Gasteiger partial charge < -0.3 is 18.5 Å². The van der Waals surface area contributed by atoms with Crippen LogP contribution in [0.2, 0.25) is 0 Å². The van der Waals surface area contributed by atoms with Crippen molar-refractivity contribution in [3.63, 3.8) is 0 Å². The Labute approximate surface area is 197 Å². The molecule has 2 aliphatic heterocycles. The van der Waals surface area contributed by atoms with Crippen molar-refractivity contribution >= 4 is 17.5 Å². The first kappa shape index (κ1) is 22.0. The van der Waals surface area contributed by atoms with Crippen LogP contribution in [-0.4, -0.2) is 57.0 Å². The summed E-state index contributed by atoms with van der Waals surface area (Å²) < 4.78 is 19.8. The number of ether oxygens (including phenoxy) is 2. The molecule has 4 heterocycles. The quantitative estimate of drug-likeness (QED) is 0.364. The third kappa shape index (κ3) is 4.94. The van der Waals surface area contributed by atoms with Crippen LogP contribution in [0.25, 0.3) is 0 Å². The van der Waals surface area contributed by atoms with Crippen LogP contribution in [0.4, 0.5) is 0 Å². The molecule has 1 saturated heterocycles. The second-order valence-corrected chi connectivity index (χ2v) is 9.48. The van der Waals surface area contributed by atoms with E-state index in [0.29, 0.717) is 36.4 Å². The van der Waals surface area contributed by atoms with Gasteiger partial charge in [-0.05, 0) is 58.0 Å². The van der Waals surface area contributed by atoms with Crippen LogP contribution in [-0.2, 0) is 13.1 Å². The molecular formula is C24H28N4O4S. The molecule has 2 aliphatic rings. The number of likely N-dealkylation sites (tertiary alicyclic amines) is 1. The van der Waals surface area contributed by atoms with Gasteiger partial charge >= 0.3 is 0 Å². The predicted molar refractivity (Wildman–Crippen MR) is 124 cm³/mol. The number of hydrogen-bond donors (Lipinski definition) is 0. The lowest BCUT2D eigenvalue weighted by atomic mass is 10.2. The molecule has 1 aromatic carbocycles. The number of nitrogens with zero attached hydrogens (tertiary/aromatic N) is 4. The lowest BCUT2D eigenvalue weighted by molar-refractivity contribution is 0.0777. The van der Waals surface area contributed by atoms with E-state index in [1.54, 1.807) is 0 Å². The van der Waals surface area contributed by atoms with Gasteiger partial charge in [-0.3, -0.25) is 9.69 Å². The van der Waals surface area contributed by atoms with Crippen molar-refractivity contribution in [2.75, 3.05) is 25.4 Å². The molecule has 0 radical (unpaired) electrons.